The predicted molar refractivity (Wildman–Crippen MR) is 228 cm³/mol. The topological polar surface area (TPSA) is 134 Å². The van der Waals surface area contributed by atoms with Crippen LogP contribution in [0, 0.1) is 37.0 Å². The third-order valence-corrected chi connectivity index (χ3v) is 15.0. The molecule has 4 atom stereocenters. The Morgan fingerprint density at radius 3 is 2.48 bits per heavy atom. The van der Waals surface area contributed by atoms with Crippen molar-refractivity contribution in [1.29, 1.82) is 0 Å². The summed E-state index contributed by atoms with van der Waals surface area (Å²) in [7, 11) is 0. The molecule has 58 heavy (non-hydrogen) atoms. The average molecular weight is 802 g/mol. The molecular formula is C45H55N9O3S. The Bertz CT molecular complexity index is 2420. The monoisotopic (exact) mass is 801 g/mol. The largest absolute Gasteiger partial charge is 0.476 e. The summed E-state index contributed by atoms with van der Waals surface area (Å²) in [6.45, 7) is 16.9. The van der Waals surface area contributed by atoms with Crippen LogP contribution >= 0.6 is 11.3 Å². The number of nitrogens with one attached hydrogen (secondary N) is 1. The number of ether oxygens (including phenoxy) is 1. The number of aromatic nitrogens is 6. The van der Waals surface area contributed by atoms with Crippen molar-refractivity contribution >= 4 is 50.1 Å². The molecule has 0 amide bonds. The van der Waals surface area contributed by atoms with E-state index < -0.39 is 5.97 Å². The van der Waals surface area contributed by atoms with Gasteiger partial charge in [0, 0.05) is 47.6 Å². The van der Waals surface area contributed by atoms with Crippen molar-refractivity contribution in [3.63, 3.8) is 0 Å². The van der Waals surface area contributed by atoms with Gasteiger partial charge in [0.05, 0.1) is 28.6 Å². The highest BCUT2D eigenvalue weighted by atomic mass is 32.1. The number of pyridine rings is 1. The van der Waals surface area contributed by atoms with Crippen molar-refractivity contribution < 1.29 is 14.6 Å². The number of rotatable bonds is 11. The van der Waals surface area contributed by atoms with Crippen LogP contribution in [0.3, 0.4) is 0 Å². The third-order valence-electron chi connectivity index (χ3n) is 14.1. The second kappa shape index (κ2) is 13.8. The van der Waals surface area contributed by atoms with Crippen LogP contribution in [-0.2, 0) is 17.7 Å². The molecule has 5 aromatic rings. The highest BCUT2D eigenvalue weighted by Gasteiger charge is 2.66. The van der Waals surface area contributed by atoms with Crippen LogP contribution in [0.2, 0.25) is 0 Å². The molecule has 5 fully saturated rings. The number of carboxylic acids is 1. The van der Waals surface area contributed by atoms with Crippen molar-refractivity contribution in [3.05, 3.63) is 64.6 Å². The number of hydrogen-bond acceptors (Lipinski definition) is 11. The molecular weight excluding hydrogens is 747 g/mol. The van der Waals surface area contributed by atoms with E-state index in [0.717, 1.165) is 89.5 Å². The van der Waals surface area contributed by atoms with Gasteiger partial charge in [0.15, 0.2) is 22.5 Å². The van der Waals surface area contributed by atoms with Crippen LogP contribution in [0.1, 0.15) is 105 Å². The van der Waals surface area contributed by atoms with Crippen molar-refractivity contribution in [2.75, 3.05) is 43.0 Å². The van der Waals surface area contributed by atoms with E-state index in [9.17, 15) is 9.90 Å². The fraction of sp³-hybridized carbons (Fsp3) is 0.556. The van der Waals surface area contributed by atoms with Crippen LogP contribution in [0.4, 0.5) is 22.6 Å². The van der Waals surface area contributed by atoms with E-state index in [1.54, 1.807) is 11.3 Å². The predicted octanol–water partition coefficient (Wildman–Crippen LogP) is 9.03. The minimum absolute atomic E-state index is 0.0153. The lowest BCUT2D eigenvalue weighted by atomic mass is 9.39. The molecule has 12 nitrogen and oxygen atoms in total. The summed E-state index contributed by atoms with van der Waals surface area (Å²) < 4.78 is 10.3. The first kappa shape index (κ1) is 37.8. The molecule has 6 heterocycles. The number of likely N-dealkylation sites (tertiary alicyclic amines) is 1. The van der Waals surface area contributed by atoms with Crippen LogP contribution in [0.15, 0.2) is 36.5 Å². The fourth-order valence-corrected chi connectivity index (χ4v) is 13.7. The minimum Gasteiger partial charge on any atom is -0.476 e. The van der Waals surface area contributed by atoms with Gasteiger partial charge in [-0.3, -0.25) is 4.68 Å². The van der Waals surface area contributed by atoms with Crippen molar-refractivity contribution in [1.82, 2.24) is 34.8 Å². The molecule has 0 radical (unpaired) electrons. The molecule has 1 saturated heterocycles. The van der Waals surface area contributed by atoms with Gasteiger partial charge in [-0.15, -0.1) is 10.2 Å². The molecule has 2 aliphatic heterocycles. The van der Waals surface area contributed by atoms with Gasteiger partial charge in [-0.2, -0.15) is 5.10 Å². The maximum absolute atomic E-state index is 13.0. The van der Waals surface area contributed by atoms with E-state index in [1.165, 1.54) is 50.8 Å². The average Bonchev–Trinajstić information content (AvgIpc) is 3.91. The zero-order valence-corrected chi connectivity index (χ0v) is 35.3. The summed E-state index contributed by atoms with van der Waals surface area (Å²) in [5, 5.41) is 29.1. The number of thiazole rings is 1. The Kier molecular flexibility index (Phi) is 9.00. The molecule has 2 N–H and O–H groups in total. The molecule has 4 aromatic heterocycles. The molecule has 0 spiro atoms. The first-order chi connectivity index (χ1) is 27.8. The van der Waals surface area contributed by atoms with E-state index in [1.807, 2.05) is 23.2 Å². The summed E-state index contributed by atoms with van der Waals surface area (Å²) in [6, 6.07) is 10.1. The summed E-state index contributed by atoms with van der Waals surface area (Å²) >= 11 is 1.59. The van der Waals surface area contributed by atoms with E-state index in [4.69, 9.17) is 24.9 Å². The van der Waals surface area contributed by atoms with Gasteiger partial charge in [-0.1, -0.05) is 31.3 Å². The molecule has 304 valence electrons. The minimum atomic E-state index is -1.07. The first-order valence-corrected chi connectivity index (χ1v) is 22.0. The van der Waals surface area contributed by atoms with Crippen LogP contribution < -0.4 is 10.2 Å². The normalized spacial score (nSPS) is 27.8. The number of nitrogens with zero attached hydrogens (tertiary/aromatic N) is 8. The van der Waals surface area contributed by atoms with Crippen LogP contribution in [0.5, 0.6) is 0 Å². The Balaban J connectivity index is 0.903. The highest BCUT2D eigenvalue weighted by Crippen LogP contribution is 2.72. The Hall–Kier alpha value is -4.46. The number of carbonyl (C=O) groups is 1. The number of anilines is 4. The zero-order chi connectivity index (χ0) is 40.0. The number of aromatic carboxylic acids is 1. The third kappa shape index (κ3) is 6.67. The molecule has 13 heteroatoms. The molecule has 11 rings (SSSR count). The lowest BCUT2D eigenvalue weighted by Crippen LogP contribution is -2.64. The standard InChI is InChI=1S/C45H55N9O3S/c1-28-10-12-35-34(19-28)47-41(58-35)49-38-29(2)31-9-8-16-53(39(31)51-50-38)36-13-11-32(37(48-36)40(55)56)33-20-46-54(30(33)3)27-44-22-42(4)21-43(5,23-44)25-45(24-42,26-44)57-18-17-52-14-6-7-15-52/h10-13,19-20H,6-9,14-18,21-27H2,1-5H3,(H,55,56)(H,47,49,50)/t42-,43+,44?,45?. The summed E-state index contributed by atoms with van der Waals surface area (Å²) in [5.74, 6) is 0.873. The molecule has 2 unspecified atom stereocenters. The van der Waals surface area contributed by atoms with Gasteiger partial charge >= 0.3 is 5.97 Å². The Morgan fingerprint density at radius 1 is 0.914 bits per heavy atom. The van der Waals surface area contributed by atoms with E-state index in [2.05, 4.69) is 72.8 Å². The molecule has 4 saturated carbocycles. The second-order valence-electron chi connectivity index (χ2n) is 19.3. The van der Waals surface area contributed by atoms with Gasteiger partial charge in [0.2, 0.25) is 0 Å². The maximum Gasteiger partial charge on any atom is 0.355 e. The number of benzene rings is 1. The molecule has 6 aliphatic rings. The quantitative estimate of drug-likeness (QED) is 0.133. The van der Waals surface area contributed by atoms with E-state index >= 15 is 0 Å². The number of aryl methyl sites for hydroxylation is 1. The molecule has 4 aliphatic carbocycles. The molecule has 1 aromatic carbocycles. The maximum atomic E-state index is 13.0. The SMILES string of the molecule is Cc1ccc2sc(Nc3nnc4c(c3C)CCCN4c3ccc(-c4cnn(CC56CC7(OCCN8CCCC8)C[C@](C)(C5)C[C@](C)(C6)C7)c4C)c(C(=O)O)n3)nc2c1. The summed E-state index contributed by atoms with van der Waals surface area (Å²) in [5.41, 5.74) is 7.10. The van der Waals surface area contributed by atoms with Crippen molar-refractivity contribution in [3.8, 4) is 11.1 Å². The highest BCUT2D eigenvalue weighted by molar-refractivity contribution is 7.22. The van der Waals surface area contributed by atoms with Crippen molar-refractivity contribution in [2.45, 2.75) is 111 Å². The van der Waals surface area contributed by atoms with Gasteiger partial charge in [-0.05, 0) is 144 Å². The van der Waals surface area contributed by atoms with E-state index in [-0.39, 0.29) is 27.5 Å². The van der Waals surface area contributed by atoms with Gasteiger partial charge in [0.25, 0.3) is 0 Å². The number of fused-ring (bicyclic) bond motifs is 2. The van der Waals surface area contributed by atoms with Gasteiger partial charge < -0.3 is 25.0 Å². The molecule has 4 bridgehead atoms. The second-order valence-corrected chi connectivity index (χ2v) is 20.3. The smallest absolute Gasteiger partial charge is 0.355 e. The van der Waals surface area contributed by atoms with E-state index in [0.29, 0.717) is 29.6 Å². The van der Waals surface area contributed by atoms with Crippen LogP contribution in [-0.4, -0.2) is 84.3 Å². The van der Waals surface area contributed by atoms with Crippen molar-refractivity contribution in [2.24, 2.45) is 16.2 Å². The number of hydrogen-bond donors (Lipinski definition) is 2. The number of carboxylic acid groups (broad SMARTS) is 1. The lowest BCUT2D eigenvalue weighted by molar-refractivity contribution is -0.248. The lowest BCUT2D eigenvalue weighted by Gasteiger charge is -2.69. The first-order valence-electron chi connectivity index (χ1n) is 21.2. The fourth-order valence-electron chi connectivity index (χ4n) is 12.8. The van der Waals surface area contributed by atoms with Gasteiger partial charge in [0.1, 0.15) is 5.82 Å². The Labute approximate surface area is 344 Å². The van der Waals surface area contributed by atoms with Crippen LogP contribution in [0.25, 0.3) is 21.3 Å². The van der Waals surface area contributed by atoms with Gasteiger partial charge in [-0.25, -0.2) is 14.8 Å². The summed E-state index contributed by atoms with van der Waals surface area (Å²) in [6.07, 6.45) is 13.1. The Morgan fingerprint density at radius 2 is 1.71 bits per heavy atom. The summed E-state index contributed by atoms with van der Waals surface area (Å²) in [4.78, 5) is 27.1. The zero-order valence-electron chi connectivity index (χ0n) is 34.5.